The molecular weight excluding hydrogens is 164 g/mol. The van der Waals surface area contributed by atoms with Crippen molar-refractivity contribution in [3.05, 3.63) is 17.5 Å². The Hall–Kier alpha value is -0.870. The van der Waals surface area contributed by atoms with Crippen molar-refractivity contribution in [2.45, 2.75) is 25.9 Å². The first-order valence-corrected chi connectivity index (χ1v) is 4.79. The lowest BCUT2D eigenvalue weighted by Crippen LogP contribution is -2.30. The first kappa shape index (κ1) is 8.72. The Morgan fingerprint density at radius 3 is 3.23 bits per heavy atom. The van der Waals surface area contributed by atoms with E-state index >= 15 is 0 Å². The van der Waals surface area contributed by atoms with Gasteiger partial charge in [-0.25, -0.2) is 0 Å². The molecule has 1 aliphatic heterocycles. The van der Waals surface area contributed by atoms with Gasteiger partial charge in [-0.3, -0.25) is 5.10 Å². The van der Waals surface area contributed by atoms with Gasteiger partial charge in [-0.15, -0.1) is 0 Å². The molecule has 0 aromatic carbocycles. The summed E-state index contributed by atoms with van der Waals surface area (Å²) < 4.78 is 0. The van der Waals surface area contributed by atoms with Gasteiger partial charge in [-0.1, -0.05) is 0 Å². The summed E-state index contributed by atoms with van der Waals surface area (Å²) in [7, 11) is 0. The van der Waals surface area contributed by atoms with Gasteiger partial charge in [0.1, 0.15) is 0 Å². The molecule has 2 heterocycles. The molecular formula is C9H16N4. The van der Waals surface area contributed by atoms with Gasteiger partial charge in [0.15, 0.2) is 0 Å². The molecule has 1 aromatic heterocycles. The lowest BCUT2D eigenvalue weighted by atomic mass is 10.2. The van der Waals surface area contributed by atoms with Crippen LogP contribution in [0.2, 0.25) is 0 Å². The van der Waals surface area contributed by atoms with Gasteiger partial charge in [0.25, 0.3) is 0 Å². The maximum atomic E-state index is 3.99. The molecule has 0 aliphatic carbocycles. The van der Waals surface area contributed by atoms with E-state index in [4.69, 9.17) is 0 Å². The van der Waals surface area contributed by atoms with Crippen LogP contribution in [-0.4, -0.2) is 29.3 Å². The largest absolute Gasteiger partial charge is 0.315 e. The number of aromatic nitrogens is 2. The second-order valence-corrected chi connectivity index (χ2v) is 3.59. The molecule has 1 fully saturated rings. The van der Waals surface area contributed by atoms with Crippen molar-refractivity contribution in [3.63, 3.8) is 0 Å². The van der Waals surface area contributed by atoms with Crippen LogP contribution in [0.25, 0.3) is 0 Å². The number of hydrogen-bond acceptors (Lipinski definition) is 3. The highest BCUT2D eigenvalue weighted by molar-refractivity contribution is 5.13. The summed E-state index contributed by atoms with van der Waals surface area (Å²) in [5.41, 5.74) is 2.44. The molecule has 1 saturated heterocycles. The third-order valence-corrected chi connectivity index (χ3v) is 2.58. The van der Waals surface area contributed by atoms with Crippen molar-refractivity contribution >= 4 is 0 Å². The van der Waals surface area contributed by atoms with Crippen molar-refractivity contribution in [1.29, 1.82) is 0 Å². The van der Waals surface area contributed by atoms with Crippen LogP contribution in [0, 0.1) is 6.92 Å². The minimum absolute atomic E-state index is 0.634. The first-order chi connectivity index (χ1) is 6.36. The van der Waals surface area contributed by atoms with E-state index in [2.05, 4.69) is 27.8 Å². The third kappa shape index (κ3) is 2.08. The lowest BCUT2D eigenvalue weighted by molar-refractivity contribution is 0.546. The Morgan fingerprint density at radius 2 is 2.62 bits per heavy atom. The van der Waals surface area contributed by atoms with Crippen LogP contribution in [-0.2, 0) is 6.54 Å². The monoisotopic (exact) mass is 180 g/mol. The summed E-state index contributed by atoms with van der Waals surface area (Å²) in [4.78, 5) is 0. The van der Waals surface area contributed by atoms with E-state index in [0.717, 1.165) is 19.6 Å². The number of nitrogens with zero attached hydrogens (tertiary/aromatic N) is 1. The molecule has 2 rings (SSSR count). The zero-order valence-corrected chi connectivity index (χ0v) is 7.93. The van der Waals surface area contributed by atoms with Crippen LogP contribution >= 0.6 is 0 Å². The second kappa shape index (κ2) is 3.89. The number of aryl methyl sites for hydroxylation is 1. The molecule has 4 heteroatoms. The van der Waals surface area contributed by atoms with Crippen LogP contribution in [0.15, 0.2) is 6.20 Å². The standard InChI is InChI=1S/C9H16N4/c1-7-8(5-12-13-7)4-11-9-2-3-10-6-9/h5,9-11H,2-4,6H2,1H3,(H,12,13). The molecule has 0 bridgehead atoms. The number of aromatic amines is 1. The van der Waals surface area contributed by atoms with E-state index < -0.39 is 0 Å². The van der Waals surface area contributed by atoms with Crippen LogP contribution in [0.3, 0.4) is 0 Å². The maximum Gasteiger partial charge on any atom is 0.0535 e. The van der Waals surface area contributed by atoms with Gasteiger partial charge in [-0.2, -0.15) is 5.10 Å². The van der Waals surface area contributed by atoms with Gasteiger partial charge in [0.05, 0.1) is 6.20 Å². The fourth-order valence-corrected chi connectivity index (χ4v) is 1.64. The normalized spacial score (nSPS) is 22.4. The summed E-state index contributed by atoms with van der Waals surface area (Å²) in [6.45, 7) is 5.21. The van der Waals surface area contributed by atoms with E-state index in [1.165, 1.54) is 17.7 Å². The van der Waals surface area contributed by atoms with Gasteiger partial charge in [0, 0.05) is 30.4 Å². The highest BCUT2D eigenvalue weighted by Crippen LogP contribution is 2.04. The molecule has 3 N–H and O–H groups in total. The summed E-state index contributed by atoms with van der Waals surface area (Å²) in [6, 6.07) is 0.634. The fraction of sp³-hybridized carbons (Fsp3) is 0.667. The molecule has 1 atom stereocenters. The van der Waals surface area contributed by atoms with Gasteiger partial charge >= 0.3 is 0 Å². The molecule has 1 aromatic rings. The van der Waals surface area contributed by atoms with Crippen LogP contribution in [0.4, 0.5) is 0 Å². The Balaban J connectivity index is 1.82. The summed E-state index contributed by atoms with van der Waals surface area (Å²) in [5.74, 6) is 0. The lowest BCUT2D eigenvalue weighted by Gasteiger charge is -2.09. The molecule has 4 nitrogen and oxygen atoms in total. The molecule has 0 radical (unpaired) electrons. The van der Waals surface area contributed by atoms with E-state index in [-0.39, 0.29) is 0 Å². The first-order valence-electron chi connectivity index (χ1n) is 4.79. The maximum absolute atomic E-state index is 3.99. The average Bonchev–Trinajstić information content (AvgIpc) is 2.72. The van der Waals surface area contributed by atoms with Crippen LogP contribution in [0.5, 0.6) is 0 Å². The van der Waals surface area contributed by atoms with Gasteiger partial charge in [-0.05, 0) is 19.9 Å². The number of rotatable bonds is 3. The Bertz CT molecular complexity index is 262. The third-order valence-electron chi connectivity index (χ3n) is 2.58. The number of hydrogen-bond donors (Lipinski definition) is 3. The van der Waals surface area contributed by atoms with Crippen LogP contribution < -0.4 is 10.6 Å². The van der Waals surface area contributed by atoms with Crippen molar-refractivity contribution in [3.8, 4) is 0 Å². The van der Waals surface area contributed by atoms with E-state index in [1.807, 2.05) is 6.20 Å². The average molecular weight is 180 g/mol. The zero-order valence-electron chi connectivity index (χ0n) is 7.93. The van der Waals surface area contributed by atoms with Crippen molar-refractivity contribution < 1.29 is 0 Å². The summed E-state index contributed by atoms with van der Waals surface area (Å²) in [6.07, 6.45) is 3.13. The van der Waals surface area contributed by atoms with E-state index in [9.17, 15) is 0 Å². The summed E-state index contributed by atoms with van der Waals surface area (Å²) in [5, 5.41) is 13.8. The molecule has 0 spiro atoms. The predicted octanol–water partition coefficient (Wildman–Crippen LogP) is 0.170. The highest BCUT2D eigenvalue weighted by atomic mass is 15.1. The SMILES string of the molecule is Cc1[nH]ncc1CNC1CCNC1. The Labute approximate surface area is 78.1 Å². The smallest absolute Gasteiger partial charge is 0.0535 e. The van der Waals surface area contributed by atoms with Crippen LogP contribution in [0.1, 0.15) is 17.7 Å². The molecule has 0 amide bonds. The second-order valence-electron chi connectivity index (χ2n) is 3.59. The Morgan fingerprint density at radius 1 is 1.69 bits per heavy atom. The number of nitrogens with one attached hydrogen (secondary N) is 3. The predicted molar refractivity (Wildman–Crippen MR) is 51.4 cm³/mol. The van der Waals surface area contributed by atoms with Gasteiger partial charge in [0.2, 0.25) is 0 Å². The van der Waals surface area contributed by atoms with Crippen molar-refractivity contribution in [2.75, 3.05) is 13.1 Å². The minimum atomic E-state index is 0.634. The summed E-state index contributed by atoms with van der Waals surface area (Å²) >= 11 is 0. The molecule has 13 heavy (non-hydrogen) atoms. The molecule has 1 aliphatic rings. The fourth-order valence-electron chi connectivity index (χ4n) is 1.64. The zero-order chi connectivity index (χ0) is 9.10. The number of H-pyrrole nitrogens is 1. The Kier molecular flexibility index (Phi) is 2.61. The molecule has 0 saturated carbocycles. The topological polar surface area (TPSA) is 52.7 Å². The molecule has 72 valence electrons. The minimum Gasteiger partial charge on any atom is -0.315 e. The van der Waals surface area contributed by atoms with Crippen molar-refractivity contribution in [1.82, 2.24) is 20.8 Å². The van der Waals surface area contributed by atoms with E-state index in [0.29, 0.717) is 6.04 Å². The quantitative estimate of drug-likeness (QED) is 0.621. The van der Waals surface area contributed by atoms with Crippen molar-refractivity contribution in [2.24, 2.45) is 0 Å². The van der Waals surface area contributed by atoms with Gasteiger partial charge < -0.3 is 10.6 Å². The highest BCUT2D eigenvalue weighted by Gasteiger charge is 2.13. The van der Waals surface area contributed by atoms with E-state index in [1.54, 1.807) is 0 Å². The molecule has 1 unspecified atom stereocenters.